The Morgan fingerprint density at radius 3 is 1.64 bits per heavy atom. The fourth-order valence-corrected chi connectivity index (χ4v) is 1.47. The summed E-state index contributed by atoms with van der Waals surface area (Å²) >= 11 is 0. The van der Waals surface area contributed by atoms with Gasteiger partial charge >= 0.3 is 0 Å². The third-order valence-electron chi connectivity index (χ3n) is 2.29. The van der Waals surface area contributed by atoms with Gasteiger partial charge in [0.25, 0.3) is 0 Å². The second-order valence-corrected chi connectivity index (χ2v) is 3.45. The van der Waals surface area contributed by atoms with Crippen LogP contribution in [0.25, 0.3) is 0 Å². The van der Waals surface area contributed by atoms with E-state index in [4.69, 9.17) is 0 Å². The van der Waals surface area contributed by atoms with Gasteiger partial charge in [0, 0.05) is 0 Å². The highest BCUT2D eigenvalue weighted by Gasteiger charge is 1.99. The Morgan fingerprint density at radius 2 is 1.29 bits per heavy atom. The first-order valence-electron chi connectivity index (χ1n) is 5.08. The van der Waals surface area contributed by atoms with Crippen LogP contribution in [0, 0.1) is 0 Å². The first-order chi connectivity index (χ1) is 6.95. The van der Waals surface area contributed by atoms with Crippen molar-refractivity contribution >= 4 is 0 Å². The highest BCUT2D eigenvalue weighted by atomic mass is 15.1. The van der Waals surface area contributed by atoms with Crippen molar-refractivity contribution in [2.75, 3.05) is 0 Å². The Morgan fingerprint density at radius 1 is 0.786 bits per heavy atom. The molecule has 2 aliphatic carbocycles. The second kappa shape index (κ2) is 4.70. The lowest BCUT2D eigenvalue weighted by molar-refractivity contribution is 0.861. The molecular formula is C12H14N2. The lowest BCUT2D eigenvalue weighted by Gasteiger charge is -2.03. The number of hydrogen-bond acceptors (Lipinski definition) is 2. The van der Waals surface area contributed by atoms with Crippen molar-refractivity contribution in [2.24, 2.45) is 10.2 Å². The minimum atomic E-state index is 1.02. The highest BCUT2D eigenvalue weighted by Crippen LogP contribution is 2.17. The molecule has 0 amide bonds. The summed E-state index contributed by atoms with van der Waals surface area (Å²) < 4.78 is 0. The lowest BCUT2D eigenvalue weighted by Crippen LogP contribution is -1.85. The molecule has 0 atom stereocenters. The summed E-state index contributed by atoms with van der Waals surface area (Å²) in [4.78, 5) is 0. The summed E-state index contributed by atoms with van der Waals surface area (Å²) in [5, 5.41) is 8.48. The molecule has 0 bridgehead atoms. The van der Waals surface area contributed by atoms with Crippen LogP contribution in [0.4, 0.5) is 0 Å². The number of allylic oxidation sites excluding steroid dienone is 8. The first kappa shape index (κ1) is 9.13. The Bertz CT molecular complexity index is 309. The van der Waals surface area contributed by atoms with Crippen LogP contribution in [0.1, 0.15) is 25.7 Å². The Kier molecular flexibility index (Phi) is 3.06. The minimum Gasteiger partial charge on any atom is -0.155 e. The van der Waals surface area contributed by atoms with E-state index in [1.807, 2.05) is 24.3 Å². The van der Waals surface area contributed by atoms with E-state index >= 15 is 0 Å². The van der Waals surface area contributed by atoms with Crippen molar-refractivity contribution < 1.29 is 0 Å². The van der Waals surface area contributed by atoms with E-state index in [2.05, 4.69) is 22.4 Å². The van der Waals surface area contributed by atoms with Crippen molar-refractivity contribution in [3.05, 3.63) is 47.9 Å². The third-order valence-corrected chi connectivity index (χ3v) is 2.29. The molecule has 0 aromatic rings. The molecule has 14 heavy (non-hydrogen) atoms. The average Bonchev–Trinajstić information content (AvgIpc) is 2.29. The van der Waals surface area contributed by atoms with Gasteiger partial charge in [0.15, 0.2) is 0 Å². The fourth-order valence-electron chi connectivity index (χ4n) is 1.47. The predicted octanol–water partition coefficient (Wildman–Crippen LogP) is 3.91. The second-order valence-electron chi connectivity index (χ2n) is 3.45. The molecule has 0 heterocycles. The maximum Gasteiger partial charge on any atom is 0.0633 e. The monoisotopic (exact) mass is 186 g/mol. The van der Waals surface area contributed by atoms with Crippen LogP contribution < -0.4 is 0 Å². The lowest BCUT2D eigenvalue weighted by atomic mass is 10.1. The van der Waals surface area contributed by atoms with E-state index in [9.17, 15) is 0 Å². The molecule has 2 rings (SSSR count). The van der Waals surface area contributed by atoms with E-state index < -0.39 is 0 Å². The molecule has 0 fully saturated rings. The molecular weight excluding hydrogens is 172 g/mol. The van der Waals surface area contributed by atoms with Crippen LogP contribution >= 0.6 is 0 Å². The smallest absolute Gasteiger partial charge is 0.0633 e. The van der Waals surface area contributed by atoms with Gasteiger partial charge in [0.05, 0.1) is 11.4 Å². The normalized spacial score (nSPS) is 21.1. The summed E-state index contributed by atoms with van der Waals surface area (Å²) in [6, 6.07) is 0. The van der Waals surface area contributed by atoms with Gasteiger partial charge in [-0.15, -0.1) is 0 Å². The molecule has 2 heteroatoms. The quantitative estimate of drug-likeness (QED) is 0.584. The molecule has 0 N–H and O–H groups in total. The maximum absolute atomic E-state index is 4.24. The van der Waals surface area contributed by atoms with Crippen LogP contribution in [-0.2, 0) is 0 Å². The molecule has 2 nitrogen and oxygen atoms in total. The summed E-state index contributed by atoms with van der Waals surface area (Å²) in [6.45, 7) is 0. The van der Waals surface area contributed by atoms with Crippen LogP contribution in [0.2, 0.25) is 0 Å². The van der Waals surface area contributed by atoms with Crippen molar-refractivity contribution in [3.8, 4) is 0 Å². The topological polar surface area (TPSA) is 24.7 Å². The van der Waals surface area contributed by atoms with Crippen molar-refractivity contribution in [1.29, 1.82) is 0 Å². The molecule has 0 unspecified atom stereocenters. The maximum atomic E-state index is 4.24. The van der Waals surface area contributed by atoms with Crippen molar-refractivity contribution in [3.63, 3.8) is 0 Å². The molecule has 72 valence electrons. The number of hydrogen-bond donors (Lipinski definition) is 0. The van der Waals surface area contributed by atoms with Crippen LogP contribution in [0.5, 0.6) is 0 Å². The summed E-state index contributed by atoms with van der Waals surface area (Å²) in [5.41, 5.74) is 2.17. The molecule has 0 radical (unpaired) electrons. The standard InChI is InChI=1S/C12H14N2/c1-3-7-11(8-4-1)13-14-12-9-5-2-6-10-12/h1-3,5,7,9H,4,6,8,10H2. The average molecular weight is 186 g/mol. The fraction of sp³-hybridized carbons (Fsp3) is 0.333. The number of rotatable bonds is 2. The Balaban J connectivity index is 1.98. The molecule has 0 spiro atoms. The zero-order chi connectivity index (χ0) is 9.64. The van der Waals surface area contributed by atoms with Gasteiger partial charge in [0.2, 0.25) is 0 Å². The van der Waals surface area contributed by atoms with Crippen LogP contribution in [0.15, 0.2) is 58.1 Å². The molecule has 2 aliphatic rings. The van der Waals surface area contributed by atoms with Gasteiger partial charge in [-0.25, -0.2) is 0 Å². The van der Waals surface area contributed by atoms with E-state index in [1.165, 1.54) is 0 Å². The largest absolute Gasteiger partial charge is 0.155 e. The van der Waals surface area contributed by atoms with Gasteiger partial charge in [0.1, 0.15) is 0 Å². The summed E-state index contributed by atoms with van der Waals surface area (Å²) in [5.74, 6) is 0. The Labute approximate surface area is 84.4 Å². The van der Waals surface area contributed by atoms with E-state index in [0.29, 0.717) is 0 Å². The van der Waals surface area contributed by atoms with E-state index in [-0.39, 0.29) is 0 Å². The van der Waals surface area contributed by atoms with E-state index in [0.717, 1.165) is 37.1 Å². The van der Waals surface area contributed by atoms with Gasteiger partial charge in [-0.2, -0.15) is 10.2 Å². The van der Waals surface area contributed by atoms with Gasteiger partial charge in [-0.3, -0.25) is 0 Å². The molecule has 0 saturated carbocycles. The third kappa shape index (κ3) is 2.52. The molecule has 0 aliphatic heterocycles. The molecule has 0 saturated heterocycles. The van der Waals surface area contributed by atoms with Crippen molar-refractivity contribution in [2.45, 2.75) is 25.7 Å². The van der Waals surface area contributed by atoms with E-state index in [1.54, 1.807) is 0 Å². The first-order valence-corrected chi connectivity index (χ1v) is 5.08. The zero-order valence-corrected chi connectivity index (χ0v) is 8.19. The van der Waals surface area contributed by atoms with Gasteiger partial charge in [-0.1, -0.05) is 24.3 Å². The van der Waals surface area contributed by atoms with Crippen LogP contribution in [-0.4, -0.2) is 0 Å². The predicted molar refractivity (Wildman–Crippen MR) is 57.8 cm³/mol. The van der Waals surface area contributed by atoms with Gasteiger partial charge < -0.3 is 0 Å². The SMILES string of the molecule is C1=CCCC(N=NC2=CC=CCC2)=C1. The number of azo groups is 1. The minimum absolute atomic E-state index is 1.02. The molecule has 0 aromatic heterocycles. The summed E-state index contributed by atoms with van der Waals surface area (Å²) in [7, 11) is 0. The summed E-state index contributed by atoms with van der Waals surface area (Å²) in [6.07, 6.45) is 16.7. The van der Waals surface area contributed by atoms with Crippen molar-refractivity contribution in [1.82, 2.24) is 0 Å². The molecule has 0 aromatic carbocycles. The Hall–Kier alpha value is -1.44. The highest BCUT2D eigenvalue weighted by molar-refractivity contribution is 5.18. The van der Waals surface area contributed by atoms with Crippen LogP contribution in [0.3, 0.4) is 0 Å². The zero-order valence-electron chi connectivity index (χ0n) is 8.19. The number of nitrogens with zero attached hydrogens (tertiary/aromatic N) is 2. The van der Waals surface area contributed by atoms with Gasteiger partial charge in [-0.05, 0) is 37.8 Å².